The lowest BCUT2D eigenvalue weighted by molar-refractivity contribution is 1.33. The Morgan fingerprint density at radius 1 is 1.27 bits per heavy atom. The molecule has 0 fully saturated rings. The predicted octanol–water partition coefficient (Wildman–Crippen LogP) is 4.96. The molecule has 0 spiro atoms. The fourth-order valence-electron chi connectivity index (χ4n) is 1.69. The first-order valence-corrected chi connectivity index (χ1v) is 9.36. The molecule has 15 heavy (non-hydrogen) atoms. The highest BCUT2D eigenvalue weighted by Crippen LogP contribution is 2.48. The maximum Gasteiger partial charge on any atom is 0.293 e. The third kappa shape index (κ3) is 2.09. The Morgan fingerprint density at radius 3 is 2.47 bits per heavy atom. The van der Waals surface area contributed by atoms with Crippen molar-refractivity contribution in [2.75, 3.05) is 0 Å². The van der Waals surface area contributed by atoms with E-state index < -0.39 is 6.69 Å². The van der Waals surface area contributed by atoms with Gasteiger partial charge >= 0.3 is 0 Å². The van der Waals surface area contributed by atoms with Gasteiger partial charge in [0.1, 0.15) is 0 Å². The first-order chi connectivity index (χ1) is 7.03. The Bertz CT molecular complexity index is 404. The van der Waals surface area contributed by atoms with Crippen LogP contribution in [-0.2, 0) is 0 Å². The van der Waals surface area contributed by atoms with Crippen LogP contribution in [0.15, 0.2) is 45.6 Å². The van der Waals surface area contributed by atoms with Gasteiger partial charge < -0.3 is 0 Å². The molecule has 0 nitrogen and oxygen atoms in total. The Morgan fingerprint density at radius 2 is 2.00 bits per heavy atom. The zero-order valence-corrected chi connectivity index (χ0v) is 11.7. The van der Waals surface area contributed by atoms with Gasteiger partial charge in [0, 0.05) is 22.0 Å². The molecule has 0 saturated heterocycles. The van der Waals surface area contributed by atoms with Gasteiger partial charge in [0.05, 0.1) is 0 Å². The molecule has 1 unspecified atom stereocenters. The summed E-state index contributed by atoms with van der Waals surface area (Å²) < 4.78 is 0. The Labute approximate surface area is 109 Å². The normalized spacial score (nSPS) is 25.3. The van der Waals surface area contributed by atoms with Crippen molar-refractivity contribution in [1.29, 1.82) is 0 Å². The second-order valence-electron chi connectivity index (χ2n) is 3.46. The van der Waals surface area contributed by atoms with Crippen LogP contribution in [0.5, 0.6) is 0 Å². The summed E-state index contributed by atoms with van der Waals surface area (Å²) in [6, 6.07) is 0. The molecule has 0 aromatic rings. The van der Waals surface area contributed by atoms with Crippen molar-refractivity contribution in [3.8, 4) is 0 Å². The van der Waals surface area contributed by atoms with Gasteiger partial charge in [-0.15, -0.1) is 22.2 Å². The van der Waals surface area contributed by atoms with E-state index in [0.717, 1.165) is 16.6 Å². The first-order valence-electron chi connectivity index (χ1n) is 4.51. The summed E-state index contributed by atoms with van der Waals surface area (Å²) in [4.78, 5) is 0. The van der Waals surface area contributed by atoms with E-state index in [9.17, 15) is 0 Å². The maximum atomic E-state index is 6.47. The van der Waals surface area contributed by atoms with Crippen LogP contribution >= 0.6 is 45.4 Å². The van der Waals surface area contributed by atoms with Crippen molar-refractivity contribution in [2.24, 2.45) is 0 Å². The smallest absolute Gasteiger partial charge is 0.139 e. The molecule has 0 aromatic heterocycles. The van der Waals surface area contributed by atoms with E-state index in [2.05, 4.69) is 0 Å². The summed E-state index contributed by atoms with van der Waals surface area (Å²) in [5.41, 5.74) is -0.0750. The molecule has 0 heterocycles. The zero-order valence-electron chi connectivity index (χ0n) is 7.68. The van der Waals surface area contributed by atoms with Crippen LogP contribution in [-0.4, -0.2) is 6.69 Å². The minimum absolute atomic E-state index is 0.0750. The highest BCUT2D eigenvalue weighted by molar-refractivity contribution is 7.49. The Hall–Kier alpha value is 0.337. The summed E-state index contributed by atoms with van der Waals surface area (Å²) >= 11 is 25.1. The molecule has 0 aliphatic heterocycles. The number of rotatable bonds is 2. The number of hydrogen-bond acceptors (Lipinski definition) is 0. The molecule has 2 aliphatic carbocycles. The average molecular weight is 298 g/mol. The predicted molar refractivity (Wildman–Crippen MR) is 70.9 cm³/mol. The molecule has 0 saturated carbocycles. The summed E-state index contributed by atoms with van der Waals surface area (Å²) in [6.45, 7) is -2.65. The van der Waals surface area contributed by atoms with Crippen LogP contribution < -0.4 is 0 Å². The Balaban J connectivity index is 2.35. The molecule has 5 heteroatoms. The fourth-order valence-corrected chi connectivity index (χ4v) is 7.69. The number of halogens is 4. The van der Waals surface area contributed by atoms with Crippen LogP contribution in [0.25, 0.3) is 0 Å². The van der Waals surface area contributed by atoms with Gasteiger partial charge in [-0.3, -0.25) is 0 Å². The summed E-state index contributed by atoms with van der Waals surface area (Å²) in [5, 5.41) is 2.33. The lowest BCUT2D eigenvalue weighted by Crippen LogP contribution is -2.28. The molecule has 2 aliphatic rings. The second-order valence-corrected chi connectivity index (χ2v) is 10.9. The van der Waals surface area contributed by atoms with Crippen molar-refractivity contribution in [3.63, 3.8) is 0 Å². The molecule has 0 aromatic carbocycles. The quantitative estimate of drug-likeness (QED) is 0.499. The van der Waals surface area contributed by atoms with Gasteiger partial charge in [-0.05, 0) is 11.3 Å². The SMILES string of the molecule is ClC1=CC=CC1[Si](Cl)(Cl)C1=C(Cl)CC=C1. The van der Waals surface area contributed by atoms with Crippen molar-refractivity contribution in [2.45, 2.75) is 12.0 Å². The van der Waals surface area contributed by atoms with Crippen LogP contribution in [0.2, 0.25) is 5.54 Å². The minimum Gasteiger partial charge on any atom is -0.139 e. The van der Waals surface area contributed by atoms with Gasteiger partial charge in [0.25, 0.3) is 6.69 Å². The van der Waals surface area contributed by atoms with E-state index in [1.165, 1.54) is 0 Å². The van der Waals surface area contributed by atoms with E-state index in [1.807, 2.05) is 30.4 Å². The van der Waals surface area contributed by atoms with Crippen LogP contribution in [0.4, 0.5) is 0 Å². The monoisotopic (exact) mass is 296 g/mol. The number of allylic oxidation sites excluding steroid dienone is 8. The Kier molecular flexibility index (Phi) is 3.39. The number of hydrogen-bond donors (Lipinski definition) is 0. The summed E-state index contributed by atoms with van der Waals surface area (Å²) in [5.74, 6) is 0. The largest absolute Gasteiger partial charge is 0.293 e. The highest BCUT2D eigenvalue weighted by Gasteiger charge is 2.44. The molecule has 0 radical (unpaired) electrons. The lowest BCUT2D eigenvalue weighted by Gasteiger charge is -2.24. The second kappa shape index (κ2) is 4.31. The van der Waals surface area contributed by atoms with Crippen molar-refractivity contribution < 1.29 is 0 Å². The fraction of sp³-hybridized carbons (Fsp3) is 0.200. The highest BCUT2D eigenvalue weighted by atomic mass is 35.7. The zero-order chi connectivity index (χ0) is 11.1. The van der Waals surface area contributed by atoms with E-state index in [-0.39, 0.29) is 5.54 Å². The molecule has 2 rings (SSSR count). The van der Waals surface area contributed by atoms with E-state index in [1.54, 1.807) is 0 Å². The van der Waals surface area contributed by atoms with Crippen molar-refractivity contribution in [1.82, 2.24) is 0 Å². The molecule has 0 bridgehead atoms. The maximum absolute atomic E-state index is 6.47. The van der Waals surface area contributed by atoms with Crippen LogP contribution in [0, 0.1) is 0 Å². The van der Waals surface area contributed by atoms with Crippen LogP contribution in [0.1, 0.15) is 6.42 Å². The molecule has 0 N–H and O–H groups in total. The van der Waals surface area contributed by atoms with Crippen molar-refractivity contribution >= 4 is 52.1 Å². The molecule has 1 atom stereocenters. The third-order valence-electron chi connectivity index (χ3n) is 2.48. The van der Waals surface area contributed by atoms with Gasteiger partial charge in [-0.1, -0.05) is 47.5 Å². The van der Waals surface area contributed by atoms with E-state index in [0.29, 0.717) is 5.03 Å². The molecular formula is C10H8Cl4Si. The van der Waals surface area contributed by atoms with Gasteiger partial charge in [0.2, 0.25) is 0 Å². The van der Waals surface area contributed by atoms with Gasteiger partial charge in [0.15, 0.2) is 0 Å². The standard InChI is InChI=1S/C10H8Cl4Si/c11-7-3-1-5-9(7)15(13,14)10-6-2-4-8(10)12/h1-3,5-6,9H,4H2. The molecule has 0 amide bonds. The third-order valence-corrected chi connectivity index (χ3v) is 8.64. The van der Waals surface area contributed by atoms with Crippen LogP contribution in [0.3, 0.4) is 0 Å². The summed E-state index contributed by atoms with van der Waals surface area (Å²) in [6.07, 6.45) is 10.3. The van der Waals surface area contributed by atoms with Gasteiger partial charge in [-0.2, -0.15) is 0 Å². The average Bonchev–Trinajstić information content (AvgIpc) is 2.73. The van der Waals surface area contributed by atoms with E-state index in [4.69, 9.17) is 45.4 Å². The molecular weight excluding hydrogens is 290 g/mol. The topological polar surface area (TPSA) is 0 Å². The van der Waals surface area contributed by atoms with Gasteiger partial charge in [-0.25, -0.2) is 0 Å². The van der Waals surface area contributed by atoms with Crippen molar-refractivity contribution in [3.05, 3.63) is 45.6 Å². The first kappa shape index (κ1) is 11.8. The van der Waals surface area contributed by atoms with E-state index >= 15 is 0 Å². The summed E-state index contributed by atoms with van der Waals surface area (Å²) in [7, 11) is 0. The lowest BCUT2D eigenvalue weighted by atomic mass is 10.5. The molecule has 80 valence electrons. The minimum atomic E-state index is -2.65.